The largest absolute Gasteiger partial charge is 0.350 e. The summed E-state index contributed by atoms with van der Waals surface area (Å²) in [5, 5.41) is 12.5. The lowest BCUT2D eigenvalue weighted by Gasteiger charge is -2.32. The number of nitrogens with zero attached hydrogens (tertiary/aromatic N) is 3. The SMILES string of the molecule is c1ccc(C2=NC(c3ccccc3)NC(c3cccc(-n4c5ccccc5c5cc(-c6cccc(-n7c8ccccc8c8ccccc87)c6)ccc54)c3)N2)cc1. The zero-order chi connectivity index (χ0) is 37.0. The van der Waals surface area contributed by atoms with E-state index < -0.39 is 0 Å². The number of hydrogen-bond acceptors (Lipinski definition) is 3. The van der Waals surface area contributed by atoms with E-state index in [-0.39, 0.29) is 12.3 Å². The van der Waals surface area contributed by atoms with Gasteiger partial charge in [-0.1, -0.05) is 146 Å². The molecule has 0 radical (unpaired) electrons. The molecule has 0 bridgehead atoms. The Bertz CT molecular complexity index is 3050. The average Bonchev–Trinajstić information content (AvgIpc) is 3.80. The van der Waals surface area contributed by atoms with Gasteiger partial charge in [0.2, 0.25) is 0 Å². The van der Waals surface area contributed by atoms with E-state index in [9.17, 15) is 0 Å². The molecular formula is C51H37N5. The van der Waals surface area contributed by atoms with Crippen LogP contribution in [0.25, 0.3) is 66.1 Å². The topological polar surface area (TPSA) is 46.3 Å². The lowest BCUT2D eigenvalue weighted by atomic mass is 10.0. The lowest BCUT2D eigenvalue weighted by molar-refractivity contribution is 0.409. The number of nitrogens with one attached hydrogen (secondary N) is 2. The zero-order valence-corrected chi connectivity index (χ0v) is 30.5. The first kappa shape index (κ1) is 32.2. The molecule has 2 unspecified atom stereocenters. The van der Waals surface area contributed by atoms with Crippen molar-refractivity contribution in [3.8, 4) is 22.5 Å². The van der Waals surface area contributed by atoms with Gasteiger partial charge >= 0.3 is 0 Å². The minimum absolute atomic E-state index is 0.158. The number of para-hydroxylation sites is 3. The van der Waals surface area contributed by atoms with E-state index in [0.717, 1.165) is 33.9 Å². The van der Waals surface area contributed by atoms with Crippen molar-refractivity contribution in [2.45, 2.75) is 12.3 Å². The highest BCUT2D eigenvalue weighted by molar-refractivity contribution is 6.11. The van der Waals surface area contributed by atoms with Gasteiger partial charge in [0.1, 0.15) is 18.2 Å². The summed E-state index contributed by atoms with van der Waals surface area (Å²) in [7, 11) is 0. The number of fused-ring (bicyclic) bond motifs is 6. The molecule has 56 heavy (non-hydrogen) atoms. The molecule has 0 saturated carbocycles. The summed E-state index contributed by atoms with van der Waals surface area (Å²) in [4.78, 5) is 5.12. The monoisotopic (exact) mass is 719 g/mol. The first-order chi connectivity index (χ1) is 27.8. The van der Waals surface area contributed by atoms with Crippen molar-refractivity contribution in [3.05, 3.63) is 217 Å². The van der Waals surface area contributed by atoms with E-state index in [0.29, 0.717) is 0 Å². The van der Waals surface area contributed by atoms with Crippen LogP contribution in [0.2, 0.25) is 0 Å². The van der Waals surface area contributed by atoms with Crippen molar-refractivity contribution < 1.29 is 0 Å². The highest BCUT2D eigenvalue weighted by atomic mass is 15.3. The van der Waals surface area contributed by atoms with Crippen molar-refractivity contribution in [1.82, 2.24) is 19.8 Å². The predicted octanol–water partition coefficient (Wildman–Crippen LogP) is 11.9. The van der Waals surface area contributed by atoms with Gasteiger partial charge in [0.25, 0.3) is 0 Å². The van der Waals surface area contributed by atoms with Crippen LogP contribution in [0, 0.1) is 0 Å². The molecule has 0 saturated heterocycles. The second-order valence-corrected chi connectivity index (χ2v) is 14.5. The first-order valence-electron chi connectivity index (χ1n) is 19.2. The van der Waals surface area contributed by atoms with Crippen LogP contribution >= 0.6 is 0 Å². The van der Waals surface area contributed by atoms with Gasteiger partial charge < -0.3 is 14.5 Å². The van der Waals surface area contributed by atoms with E-state index in [2.05, 4.69) is 208 Å². The van der Waals surface area contributed by atoms with Crippen LogP contribution in [0.4, 0.5) is 0 Å². The number of benzene rings is 8. The number of hydrogen-bond donors (Lipinski definition) is 2. The smallest absolute Gasteiger partial charge is 0.131 e. The molecule has 2 aromatic heterocycles. The van der Waals surface area contributed by atoms with Gasteiger partial charge in [-0.3, -0.25) is 5.32 Å². The van der Waals surface area contributed by atoms with Crippen molar-refractivity contribution >= 4 is 49.4 Å². The standard InChI is InChI=1S/C51H37N5/c1-3-15-34(16-4-1)49-52-50(35-17-5-2-6-18-35)54-51(53-49)38-20-14-22-40(32-38)56-47-28-12-9-25-43(47)44-33-37(29-30-48(44)56)36-19-13-21-39(31-36)55-45-26-10-7-23-41(45)42-24-8-11-27-46(42)55/h1-33,49,51,53H,(H,52,54). The fourth-order valence-electron chi connectivity index (χ4n) is 8.58. The maximum Gasteiger partial charge on any atom is 0.131 e. The minimum atomic E-state index is -0.193. The minimum Gasteiger partial charge on any atom is -0.350 e. The van der Waals surface area contributed by atoms with Crippen LogP contribution in [0.3, 0.4) is 0 Å². The number of amidine groups is 1. The van der Waals surface area contributed by atoms with Crippen molar-refractivity contribution in [2.75, 3.05) is 0 Å². The fourth-order valence-corrected chi connectivity index (χ4v) is 8.58. The summed E-state index contributed by atoms with van der Waals surface area (Å²) in [5.74, 6) is 0.875. The van der Waals surface area contributed by atoms with Gasteiger partial charge in [-0.05, 0) is 76.9 Å². The van der Waals surface area contributed by atoms with E-state index in [4.69, 9.17) is 4.99 Å². The average molecular weight is 720 g/mol. The molecule has 2 N–H and O–H groups in total. The molecule has 11 rings (SSSR count). The molecule has 2 atom stereocenters. The third kappa shape index (κ3) is 5.40. The van der Waals surface area contributed by atoms with E-state index in [1.165, 1.54) is 54.7 Å². The molecule has 8 aromatic carbocycles. The molecule has 0 fully saturated rings. The Morgan fingerprint density at radius 1 is 0.375 bits per heavy atom. The van der Waals surface area contributed by atoms with Crippen LogP contribution in [0.1, 0.15) is 29.0 Å². The second kappa shape index (κ2) is 13.3. The summed E-state index contributed by atoms with van der Waals surface area (Å²) in [5.41, 5.74) is 12.7. The third-order valence-electron chi connectivity index (χ3n) is 11.2. The molecule has 266 valence electrons. The summed E-state index contributed by atoms with van der Waals surface area (Å²) in [6.45, 7) is 0. The summed E-state index contributed by atoms with van der Waals surface area (Å²) in [6.07, 6.45) is -0.351. The van der Waals surface area contributed by atoms with Crippen molar-refractivity contribution in [3.63, 3.8) is 0 Å². The number of aliphatic imine (C=N–C) groups is 1. The van der Waals surface area contributed by atoms with Gasteiger partial charge in [0.05, 0.1) is 22.1 Å². The van der Waals surface area contributed by atoms with Gasteiger partial charge in [-0.25, -0.2) is 4.99 Å². The van der Waals surface area contributed by atoms with Gasteiger partial charge in [-0.2, -0.15) is 0 Å². The third-order valence-corrected chi connectivity index (χ3v) is 11.2. The second-order valence-electron chi connectivity index (χ2n) is 14.5. The highest BCUT2D eigenvalue weighted by Gasteiger charge is 2.26. The van der Waals surface area contributed by atoms with Gasteiger partial charge in [-0.15, -0.1) is 0 Å². The van der Waals surface area contributed by atoms with Crippen LogP contribution in [0.15, 0.2) is 205 Å². The molecule has 0 aliphatic carbocycles. The maximum atomic E-state index is 5.12. The Labute approximate surface area is 324 Å². The molecule has 3 heterocycles. The lowest BCUT2D eigenvalue weighted by Crippen LogP contribution is -2.45. The van der Waals surface area contributed by atoms with Crippen LogP contribution in [-0.4, -0.2) is 15.0 Å². The first-order valence-corrected chi connectivity index (χ1v) is 19.2. The Morgan fingerprint density at radius 3 is 1.55 bits per heavy atom. The molecular weight excluding hydrogens is 683 g/mol. The Hall–Kier alpha value is -7.21. The van der Waals surface area contributed by atoms with E-state index in [1.54, 1.807) is 0 Å². The Kier molecular flexibility index (Phi) is 7.64. The van der Waals surface area contributed by atoms with Crippen molar-refractivity contribution in [1.29, 1.82) is 0 Å². The fraction of sp³-hybridized carbons (Fsp3) is 0.0392. The number of rotatable bonds is 6. The highest BCUT2D eigenvalue weighted by Crippen LogP contribution is 2.37. The number of aromatic nitrogens is 2. The normalized spacial score (nSPS) is 15.7. The van der Waals surface area contributed by atoms with Crippen LogP contribution in [0.5, 0.6) is 0 Å². The molecule has 5 nitrogen and oxygen atoms in total. The van der Waals surface area contributed by atoms with Crippen LogP contribution < -0.4 is 10.6 Å². The van der Waals surface area contributed by atoms with Gasteiger partial charge in [0, 0.05) is 38.5 Å². The molecule has 5 heteroatoms. The zero-order valence-electron chi connectivity index (χ0n) is 30.5. The predicted molar refractivity (Wildman–Crippen MR) is 232 cm³/mol. The van der Waals surface area contributed by atoms with E-state index >= 15 is 0 Å². The quantitative estimate of drug-likeness (QED) is 0.180. The van der Waals surface area contributed by atoms with E-state index in [1.807, 2.05) is 12.1 Å². The summed E-state index contributed by atoms with van der Waals surface area (Å²) < 4.78 is 4.79. The molecule has 0 spiro atoms. The summed E-state index contributed by atoms with van der Waals surface area (Å²) in [6, 6.07) is 71.7. The molecule has 10 aromatic rings. The van der Waals surface area contributed by atoms with Crippen molar-refractivity contribution in [2.24, 2.45) is 4.99 Å². The molecule has 0 amide bonds. The molecule has 1 aliphatic heterocycles. The van der Waals surface area contributed by atoms with Gasteiger partial charge in [0.15, 0.2) is 0 Å². The Morgan fingerprint density at radius 2 is 0.875 bits per heavy atom. The Balaban J connectivity index is 0.997. The molecule has 1 aliphatic rings. The van der Waals surface area contributed by atoms with Crippen LogP contribution in [-0.2, 0) is 0 Å². The summed E-state index contributed by atoms with van der Waals surface area (Å²) >= 11 is 0. The maximum absolute atomic E-state index is 5.12.